The number of allylic oxidation sites excluding steroid dienone is 1. The molecule has 0 aromatic carbocycles. The molecule has 0 bridgehead atoms. The highest BCUT2D eigenvalue weighted by Gasteiger charge is 2.27. The van der Waals surface area contributed by atoms with E-state index in [2.05, 4.69) is 30.4 Å². The molecule has 0 saturated carbocycles. The minimum atomic E-state index is 0.190. The molecule has 14 heavy (non-hydrogen) atoms. The van der Waals surface area contributed by atoms with Crippen molar-refractivity contribution >= 4 is 17.1 Å². The van der Waals surface area contributed by atoms with E-state index >= 15 is 0 Å². The Kier molecular flexibility index (Phi) is 2.45. The third-order valence-electron chi connectivity index (χ3n) is 2.64. The Bertz CT molecular complexity index is 338. The molecule has 0 fully saturated rings. The summed E-state index contributed by atoms with van der Waals surface area (Å²) in [6, 6.07) is 2.26. The van der Waals surface area contributed by atoms with Crippen molar-refractivity contribution in [3.63, 3.8) is 0 Å². The van der Waals surface area contributed by atoms with Crippen LogP contribution in [0.4, 0.5) is 0 Å². The molecule has 1 atom stereocenters. The summed E-state index contributed by atoms with van der Waals surface area (Å²) in [7, 11) is 0. The van der Waals surface area contributed by atoms with Gasteiger partial charge in [0.05, 0.1) is 5.69 Å². The van der Waals surface area contributed by atoms with Gasteiger partial charge in [-0.25, -0.2) is 0 Å². The molecule has 1 aromatic heterocycles. The van der Waals surface area contributed by atoms with Crippen molar-refractivity contribution in [2.75, 3.05) is 0 Å². The second kappa shape index (κ2) is 3.48. The first kappa shape index (κ1) is 9.87. The second-order valence-corrected chi connectivity index (χ2v) is 5.45. The Labute approximate surface area is 89.0 Å². The molecule has 0 amide bonds. The molecular formula is C11H16N2S. The largest absolute Gasteiger partial charge is 0.324 e. The fraction of sp³-hybridized carbons (Fsp3) is 0.545. The normalized spacial score (nSPS) is 25.9. The summed E-state index contributed by atoms with van der Waals surface area (Å²) in [5.74, 6) is 0. The van der Waals surface area contributed by atoms with Gasteiger partial charge in [-0.1, -0.05) is 19.9 Å². The molecule has 3 heteroatoms. The smallest absolute Gasteiger partial charge is 0.0797 e. The van der Waals surface area contributed by atoms with Gasteiger partial charge in [0.15, 0.2) is 0 Å². The monoisotopic (exact) mass is 208 g/mol. The summed E-state index contributed by atoms with van der Waals surface area (Å²) in [6.07, 6.45) is 4.32. The maximum absolute atomic E-state index is 6.01. The fourth-order valence-electron chi connectivity index (χ4n) is 2.16. The fourth-order valence-corrected chi connectivity index (χ4v) is 2.70. The Hall–Kier alpha value is -0.670. The summed E-state index contributed by atoms with van der Waals surface area (Å²) in [5.41, 5.74) is 8.74. The Morgan fingerprint density at radius 2 is 2.36 bits per heavy atom. The number of rotatable bonds is 1. The lowest BCUT2D eigenvalue weighted by Gasteiger charge is -2.32. The van der Waals surface area contributed by atoms with Crippen molar-refractivity contribution in [2.45, 2.75) is 32.7 Å². The highest BCUT2D eigenvalue weighted by Crippen LogP contribution is 2.38. The Balaban J connectivity index is 2.28. The molecule has 76 valence electrons. The summed E-state index contributed by atoms with van der Waals surface area (Å²) in [5, 5.41) is 2.02. The van der Waals surface area contributed by atoms with Crippen LogP contribution >= 0.6 is 11.5 Å². The van der Waals surface area contributed by atoms with E-state index in [1.54, 1.807) is 0 Å². The molecule has 0 radical (unpaired) electrons. The van der Waals surface area contributed by atoms with Crippen LogP contribution in [0, 0.1) is 5.41 Å². The molecule has 2 rings (SSSR count). The van der Waals surface area contributed by atoms with Crippen LogP contribution in [0.5, 0.6) is 0 Å². The second-order valence-electron chi connectivity index (χ2n) is 4.79. The highest BCUT2D eigenvalue weighted by molar-refractivity contribution is 7.03. The zero-order chi connectivity index (χ0) is 10.2. The standard InChI is InChI=1S/C11H16N2S/c1-11(2)6-8(5-9(12)7-11)10-3-4-14-13-10/h3-5,9H,6-7,12H2,1-2H3. The van der Waals surface area contributed by atoms with Crippen LogP contribution in [-0.2, 0) is 0 Å². The lowest BCUT2D eigenvalue weighted by atomic mass is 9.75. The third kappa shape index (κ3) is 2.04. The van der Waals surface area contributed by atoms with Crippen LogP contribution in [0.3, 0.4) is 0 Å². The molecule has 1 aromatic rings. The van der Waals surface area contributed by atoms with Crippen molar-refractivity contribution in [2.24, 2.45) is 11.1 Å². The van der Waals surface area contributed by atoms with Crippen LogP contribution in [0.25, 0.3) is 5.57 Å². The van der Waals surface area contributed by atoms with Crippen molar-refractivity contribution < 1.29 is 0 Å². The van der Waals surface area contributed by atoms with Gasteiger partial charge in [-0.15, -0.1) is 0 Å². The van der Waals surface area contributed by atoms with Crippen molar-refractivity contribution in [1.82, 2.24) is 4.37 Å². The first-order chi connectivity index (χ1) is 6.57. The lowest BCUT2D eigenvalue weighted by molar-refractivity contribution is 0.318. The molecule has 2 nitrogen and oxygen atoms in total. The maximum atomic E-state index is 6.01. The summed E-state index contributed by atoms with van der Waals surface area (Å²) in [4.78, 5) is 0. The molecular weight excluding hydrogens is 192 g/mol. The van der Waals surface area contributed by atoms with Crippen molar-refractivity contribution in [3.05, 3.63) is 23.2 Å². The van der Waals surface area contributed by atoms with E-state index in [0.29, 0.717) is 5.41 Å². The Morgan fingerprint density at radius 3 is 2.93 bits per heavy atom. The minimum absolute atomic E-state index is 0.190. The predicted molar refractivity (Wildman–Crippen MR) is 61.1 cm³/mol. The first-order valence-corrected chi connectivity index (χ1v) is 5.77. The topological polar surface area (TPSA) is 38.9 Å². The van der Waals surface area contributed by atoms with Gasteiger partial charge in [0.25, 0.3) is 0 Å². The zero-order valence-corrected chi connectivity index (χ0v) is 9.47. The highest BCUT2D eigenvalue weighted by atomic mass is 32.1. The van der Waals surface area contributed by atoms with E-state index in [9.17, 15) is 0 Å². The van der Waals surface area contributed by atoms with Crippen LogP contribution in [-0.4, -0.2) is 10.4 Å². The van der Waals surface area contributed by atoms with Gasteiger partial charge in [-0.2, -0.15) is 4.37 Å². The maximum Gasteiger partial charge on any atom is 0.0797 e. The molecule has 1 aliphatic rings. The predicted octanol–water partition coefficient (Wildman–Crippen LogP) is 2.67. The van der Waals surface area contributed by atoms with Crippen LogP contribution in [0.1, 0.15) is 32.4 Å². The molecule has 0 saturated heterocycles. The van der Waals surface area contributed by atoms with Crippen molar-refractivity contribution in [1.29, 1.82) is 0 Å². The lowest BCUT2D eigenvalue weighted by Crippen LogP contribution is -2.30. The number of nitrogens with two attached hydrogens (primary N) is 1. The van der Waals surface area contributed by atoms with Gasteiger partial charge in [0.2, 0.25) is 0 Å². The number of hydrogen-bond donors (Lipinski definition) is 1. The van der Waals surface area contributed by atoms with Gasteiger partial charge >= 0.3 is 0 Å². The average molecular weight is 208 g/mol. The molecule has 0 aliphatic heterocycles. The van der Waals surface area contributed by atoms with E-state index in [1.165, 1.54) is 17.1 Å². The SMILES string of the molecule is CC1(C)CC(c2ccsn2)=CC(N)C1. The van der Waals surface area contributed by atoms with Crippen molar-refractivity contribution in [3.8, 4) is 0 Å². The van der Waals surface area contributed by atoms with E-state index < -0.39 is 0 Å². The summed E-state index contributed by atoms with van der Waals surface area (Å²) in [6.45, 7) is 4.54. The number of hydrogen-bond acceptors (Lipinski definition) is 3. The van der Waals surface area contributed by atoms with E-state index in [-0.39, 0.29) is 6.04 Å². The number of aromatic nitrogens is 1. The quantitative estimate of drug-likeness (QED) is 0.770. The molecule has 1 heterocycles. The van der Waals surface area contributed by atoms with Crippen LogP contribution < -0.4 is 5.73 Å². The third-order valence-corrected chi connectivity index (χ3v) is 3.20. The zero-order valence-electron chi connectivity index (χ0n) is 8.66. The first-order valence-electron chi connectivity index (χ1n) is 4.94. The van der Waals surface area contributed by atoms with Gasteiger partial charge in [-0.3, -0.25) is 0 Å². The van der Waals surface area contributed by atoms with E-state index in [4.69, 9.17) is 5.73 Å². The summed E-state index contributed by atoms with van der Waals surface area (Å²) >= 11 is 1.50. The minimum Gasteiger partial charge on any atom is -0.324 e. The molecule has 1 unspecified atom stereocenters. The Morgan fingerprint density at radius 1 is 1.57 bits per heavy atom. The van der Waals surface area contributed by atoms with Gasteiger partial charge in [0, 0.05) is 11.4 Å². The molecule has 1 aliphatic carbocycles. The van der Waals surface area contributed by atoms with Gasteiger partial charge in [-0.05, 0) is 41.4 Å². The van der Waals surface area contributed by atoms with Crippen LogP contribution in [0.2, 0.25) is 0 Å². The van der Waals surface area contributed by atoms with Gasteiger partial charge in [0.1, 0.15) is 0 Å². The molecule has 2 N–H and O–H groups in total. The average Bonchev–Trinajstić information content (AvgIpc) is 2.51. The van der Waals surface area contributed by atoms with E-state index in [0.717, 1.165) is 18.5 Å². The van der Waals surface area contributed by atoms with Gasteiger partial charge < -0.3 is 5.73 Å². The number of nitrogens with zero attached hydrogens (tertiary/aromatic N) is 1. The van der Waals surface area contributed by atoms with Crippen LogP contribution in [0.15, 0.2) is 17.5 Å². The molecule has 0 spiro atoms. The summed E-state index contributed by atoms with van der Waals surface area (Å²) < 4.78 is 4.36. The van der Waals surface area contributed by atoms with E-state index in [1.807, 2.05) is 5.38 Å².